The number of phosphoric acid groups is 1. The van der Waals surface area contributed by atoms with Gasteiger partial charge >= 0.3 is 7.82 Å². The highest BCUT2D eigenvalue weighted by Gasteiger charge is 2.11. The molecule has 0 aromatic carbocycles. The smallest absolute Gasteiger partial charge is 0.303 e. The van der Waals surface area contributed by atoms with Gasteiger partial charge in [-0.15, -0.1) is 0 Å². The SMILES string of the molecule is CCCCCCCCCCCCNCOP(=O)(O)O. The Morgan fingerprint density at radius 1 is 0.895 bits per heavy atom. The number of phosphoric ester groups is 1. The van der Waals surface area contributed by atoms with E-state index in [-0.39, 0.29) is 6.73 Å². The largest absolute Gasteiger partial charge is 0.470 e. The van der Waals surface area contributed by atoms with Crippen LogP contribution in [0.3, 0.4) is 0 Å². The van der Waals surface area contributed by atoms with E-state index in [9.17, 15) is 4.57 Å². The van der Waals surface area contributed by atoms with Crippen LogP contribution in [0.2, 0.25) is 0 Å². The van der Waals surface area contributed by atoms with Crippen molar-refractivity contribution < 1.29 is 18.9 Å². The Labute approximate surface area is 117 Å². The van der Waals surface area contributed by atoms with E-state index in [2.05, 4.69) is 16.8 Å². The first-order valence-electron chi connectivity index (χ1n) is 7.47. The summed E-state index contributed by atoms with van der Waals surface area (Å²) in [5.41, 5.74) is 0. The first-order chi connectivity index (χ1) is 9.06. The van der Waals surface area contributed by atoms with E-state index in [0.29, 0.717) is 0 Å². The fraction of sp³-hybridized carbons (Fsp3) is 1.00. The van der Waals surface area contributed by atoms with Gasteiger partial charge in [0.15, 0.2) is 0 Å². The molecular weight excluding hydrogens is 265 g/mol. The van der Waals surface area contributed by atoms with Crippen molar-refractivity contribution in [3.05, 3.63) is 0 Å². The van der Waals surface area contributed by atoms with Gasteiger partial charge in [-0.2, -0.15) is 0 Å². The third kappa shape index (κ3) is 18.1. The van der Waals surface area contributed by atoms with Crippen molar-refractivity contribution in [1.82, 2.24) is 5.32 Å². The van der Waals surface area contributed by atoms with Crippen LogP contribution >= 0.6 is 7.82 Å². The van der Waals surface area contributed by atoms with Crippen LogP contribution in [0, 0.1) is 0 Å². The Bertz CT molecular complexity index is 233. The minimum absolute atomic E-state index is 0.0816. The summed E-state index contributed by atoms with van der Waals surface area (Å²) in [5.74, 6) is 0. The average molecular weight is 295 g/mol. The standard InChI is InChI=1S/C13H30NO4P/c1-2-3-4-5-6-7-8-9-10-11-12-14-13-18-19(15,16)17/h14H,2-13H2,1H3,(H2,15,16,17). The van der Waals surface area contributed by atoms with Gasteiger partial charge in [0.05, 0.1) is 0 Å². The van der Waals surface area contributed by atoms with Gasteiger partial charge in [-0.1, -0.05) is 64.7 Å². The predicted octanol–water partition coefficient (Wildman–Crippen LogP) is 3.56. The Hall–Kier alpha value is 0.0700. The van der Waals surface area contributed by atoms with Crippen LogP contribution in [0.1, 0.15) is 71.1 Å². The van der Waals surface area contributed by atoms with E-state index in [1.165, 1.54) is 51.4 Å². The van der Waals surface area contributed by atoms with Gasteiger partial charge in [-0.3, -0.25) is 9.84 Å². The lowest BCUT2D eigenvalue weighted by Gasteiger charge is -2.06. The number of hydrogen-bond donors (Lipinski definition) is 3. The molecule has 116 valence electrons. The van der Waals surface area contributed by atoms with Crippen LogP contribution in [-0.4, -0.2) is 23.1 Å². The quantitative estimate of drug-likeness (QED) is 0.259. The van der Waals surface area contributed by atoms with Crippen molar-refractivity contribution in [2.24, 2.45) is 0 Å². The fourth-order valence-corrected chi connectivity index (χ4v) is 2.20. The molecule has 5 nitrogen and oxygen atoms in total. The van der Waals surface area contributed by atoms with Crippen LogP contribution in [0.4, 0.5) is 0 Å². The molecule has 0 atom stereocenters. The fourth-order valence-electron chi connectivity index (χ4n) is 1.94. The van der Waals surface area contributed by atoms with Gasteiger partial charge < -0.3 is 9.79 Å². The molecule has 0 unspecified atom stereocenters. The highest BCUT2D eigenvalue weighted by Crippen LogP contribution is 2.34. The second kappa shape index (κ2) is 13.1. The molecule has 19 heavy (non-hydrogen) atoms. The van der Waals surface area contributed by atoms with E-state index in [4.69, 9.17) is 9.79 Å². The summed E-state index contributed by atoms with van der Waals surface area (Å²) in [7, 11) is -4.31. The zero-order valence-electron chi connectivity index (χ0n) is 12.1. The van der Waals surface area contributed by atoms with Crippen molar-refractivity contribution in [2.75, 3.05) is 13.3 Å². The van der Waals surface area contributed by atoms with Crippen molar-refractivity contribution in [2.45, 2.75) is 71.1 Å². The lowest BCUT2D eigenvalue weighted by atomic mass is 10.1. The maximum absolute atomic E-state index is 10.4. The Kier molecular flexibility index (Phi) is 13.1. The van der Waals surface area contributed by atoms with Crippen molar-refractivity contribution in [3.8, 4) is 0 Å². The van der Waals surface area contributed by atoms with Gasteiger partial charge in [0, 0.05) is 0 Å². The van der Waals surface area contributed by atoms with E-state index < -0.39 is 7.82 Å². The number of rotatable bonds is 14. The van der Waals surface area contributed by atoms with E-state index in [1.54, 1.807) is 0 Å². The molecule has 0 saturated heterocycles. The molecule has 0 aliphatic rings. The molecule has 0 radical (unpaired) electrons. The minimum atomic E-state index is -4.31. The molecule has 6 heteroatoms. The van der Waals surface area contributed by atoms with Crippen LogP contribution in [0.5, 0.6) is 0 Å². The minimum Gasteiger partial charge on any atom is -0.303 e. The molecule has 0 bridgehead atoms. The summed E-state index contributed by atoms with van der Waals surface area (Å²) in [6, 6.07) is 0. The summed E-state index contributed by atoms with van der Waals surface area (Å²) >= 11 is 0. The van der Waals surface area contributed by atoms with Crippen molar-refractivity contribution in [3.63, 3.8) is 0 Å². The third-order valence-corrected chi connectivity index (χ3v) is 3.51. The highest BCUT2D eigenvalue weighted by molar-refractivity contribution is 7.46. The Morgan fingerprint density at radius 2 is 1.37 bits per heavy atom. The zero-order chi connectivity index (χ0) is 14.4. The number of unbranched alkanes of at least 4 members (excludes halogenated alkanes) is 9. The van der Waals surface area contributed by atoms with Crippen LogP contribution in [-0.2, 0) is 9.09 Å². The van der Waals surface area contributed by atoms with E-state index in [0.717, 1.165) is 19.4 Å². The van der Waals surface area contributed by atoms with Crippen molar-refractivity contribution in [1.29, 1.82) is 0 Å². The second-order valence-electron chi connectivity index (χ2n) is 4.95. The summed E-state index contributed by atoms with van der Waals surface area (Å²) < 4.78 is 14.6. The lowest BCUT2D eigenvalue weighted by Crippen LogP contribution is -2.18. The van der Waals surface area contributed by atoms with Gasteiger partial charge in [-0.25, -0.2) is 4.57 Å². The molecule has 0 amide bonds. The second-order valence-corrected chi connectivity index (χ2v) is 6.19. The lowest BCUT2D eigenvalue weighted by molar-refractivity contribution is 0.183. The van der Waals surface area contributed by atoms with Crippen LogP contribution in [0.15, 0.2) is 0 Å². The molecule has 0 aliphatic carbocycles. The molecule has 0 fully saturated rings. The summed E-state index contributed by atoms with van der Waals surface area (Å²) in [4.78, 5) is 16.9. The highest BCUT2D eigenvalue weighted by atomic mass is 31.2. The first kappa shape index (κ1) is 19.1. The van der Waals surface area contributed by atoms with Gasteiger partial charge in [0.1, 0.15) is 6.73 Å². The van der Waals surface area contributed by atoms with Crippen LogP contribution < -0.4 is 5.32 Å². The monoisotopic (exact) mass is 295 g/mol. The molecular formula is C13H30NO4P. The Balaban J connectivity index is 3.01. The number of nitrogens with one attached hydrogen (secondary N) is 1. The molecule has 0 aromatic rings. The summed E-state index contributed by atoms with van der Waals surface area (Å²) in [6.07, 6.45) is 12.8. The Morgan fingerprint density at radius 3 is 1.84 bits per heavy atom. The van der Waals surface area contributed by atoms with Gasteiger partial charge in [-0.05, 0) is 13.0 Å². The molecule has 0 heterocycles. The van der Waals surface area contributed by atoms with E-state index >= 15 is 0 Å². The molecule has 0 saturated carbocycles. The number of hydrogen-bond acceptors (Lipinski definition) is 3. The summed E-state index contributed by atoms with van der Waals surface area (Å²) in [6.45, 7) is 2.90. The van der Waals surface area contributed by atoms with Crippen LogP contribution in [0.25, 0.3) is 0 Å². The molecule has 0 aromatic heterocycles. The van der Waals surface area contributed by atoms with Gasteiger partial charge in [0.25, 0.3) is 0 Å². The zero-order valence-corrected chi connectivity index (χ0v) is 13.0. The predicted molar refractivity (Wildman–Crippen MR) is 77.8 cm³/mol. The summed E-state index contributed by atoms with van der Waals surface area (Å²) in [5, 5.41) is 2.85. The van der Waals surface area contributed by atoms with E-state index in [1.807, 2.05) is 0 Å². The molecule has 0 rings (SSSR count). The van der Waals surface area contributed by atoms with Crippen molar-refractivity contribution >= 4 is 7.82 Å². The average Bonchev–Trinajstić information content (AvgIpc) is 2.34. The molecule has 0 aliphatic heterocycles. The third-order valence-electron chi connectivity index (χ3n) is 3.04. The molecule has 0 spiro atoms. The maximum atomic E-state index is 10.4. The molecule has 3 N–H and O–H groups in total. The first-order valence-corrected chi connectivity index (χ1v) is 9.00. The normalized spacial score (nSPS) is 11.9. The van der Waals surface area contributed by atoms with Gasteiger partial charge in [0.2, 0.25) is 0 Å². The topological polar surface area (TPSA) is 78.8 Å². The maximum Gasteiger partial charge on any atom is 0.470 e.